The monoisotopic (exact) mass is 447 g/mol. The summed E-state index contributed by atoms with van der Waals surface area (Å²) in [5, 5.41) is 10.7. The van der Waals surface area contributed by atoms with Crippen molar-refractivity contribution < 1.29 is 4.79 Å². The number of aryl methyl sites for hydroxylation is 1. The fourth-order valence-electron chi connectivity index (χ4n) is 5.19. The van der Waals surface area contributed by atoms with Gasteiger partial charge in [0.15, 0.2) is 5.78 Å². The van der Waals surface area contributed by atoms with Crippen LogP contribution in [0.4, 0.5) is 0 Å². The van der Waals surface area contributed by atoms with Gasteiger partial charge in [-0.1, -0.05) is 30.7 Å². The predicted molar refractivity (Wildman–Crippen MR) is 131 cm³/mol. The molecule has 0 aliphatic carbocycles. The minimum Gasteiger partial charge on any atom is -0.313 e. The summed E-state index contributed by atoms with van der Waals surface area (Å²) in [5.74, 6) is 0.178. The number of carbonyl (C=O) groups excluding carboxylic acids is 1. The number of benzene rings is 2. The number of carbonyl (C=O) groups is 1. The molecule has 0 bridgehead atoms. The van der Waals surface area contributed by atoms with Gasteiger partial charge in [0, 0.05) is 45.9 Å². The number of fused-ring (bicyclic) bond motifs is 1. The van der Waals surface area contributed by atoms with Gasteiger partial charge < -0.3 is 4.57 Å². The number of ketones is 1. The lowest BCUT2D eigenvalue weighted by Gasteiger charge is -2.26. The van der Waals surface area contributed by atoms with Crippen molar-refractivity contribution in [3.05, 3.63) is 64.3 Å². The molecule has 5 heteroatoms. The van der Waals surface area contributed by atoms with Gasteiger partial charge in [-0.05, 0) is 75.4 Å². The number of hydrogen-bond acceptors (Lipinski definition) is 3. The van der Waals surface area contributed by atoms with Crippen LogP contribution < -0.4 is 0 Å². The number of aromatic nitrogens is 1. The SMILES string of the molecule is CCC1CCC(C)N1CC(=O)c1c(C)n(-c2ccc(Cl)cc2)c2cc(CCC#N)ccc12. The van der Waals surface area contributed by atoms with E-state index in [0.717, 1.165) is 46.3 Å². The first-order valence-electron chi connectivity index (χ1n) is 11.5. The molecule has 0 N–H and O–H groups in total. The van der Waals surface area contributed by atoms with E-state index in [1.165, 1.54) is 6.42 Å². The highest BCUT2D eigenvalue weighted by molar-refractivity contribution is 6.30. The lowest BCUT2D eigenvalue weighted by molar-refractivity contribution is 0.0890. The summed E-state index contributed by atoms with van der Waals surface area (Å²) >= 11 is 6.13. The van der Waals surface area contributed by atoms with Crippen molar-refractivity contribution in [2.75, 3.05) is 6.54 Å². The normalized spacial score (nSPS) is 18.8. The summed E-state index contributed by atoms with van der Waals surface area (Å²) in [6, 6.07) is 17.1. The maximum atomic E-state index is 13.7. The number of Topliss-reactive ketones (excluding diaryl/α,β-unsaturated/α-hetero) is 1. The molecule has 4 nitrogen and oxygen atoms in total. The second-order valence-electron chi connectivity index (χ2n) is 8.87. The molecule has 2 aromatic carbocycles. The molecule has 0 spiro atoms. The van der Waals surface area contributed by atoms with E-state index >= 15 is 0 Å². The first-order valence-corrected chi connectivity index (χ1v) is 11.9. The molecule has 1 aromatic heterocycles. The Hall–Kier alpha value is -2.61. The minimum absolute atomic E-state index is 0.178. The minimum atomic E-state index is 0.178. The second-order valence-corrected chi connectivity index (χ2v) is 9.30. The number of rotatable bonds is 7. The molecule has 1 saturated heterocycles. The van der Waals surface area contributed by atoms with Gasteiger partial charge in [-0.15, -0.1) is 0 Å². The molecule has 3 aromatic rings. The molecule has 0 amide bonds. The Morgan fingerprint density at radius 1 is 1.19 bits per heavy atom. The van der Waals surface area contributed by atoms with Gasteiger partial charge in [0.2, 0.25) is 0 Å². The largest absolute Gasteiger partial charge is 0.313 e. The Bertz CT molecular complexity index is 1170. The summed E-state index contributed by atoms with van der Waals surface area (Å²) in [5.41, 5.74) is 4.84. The lowest BCUT2D eigenvalue weighted by Crippen LogP contribution is -2.38. The summed E-state index contributed by atoms with van der Waals surface area (Å²) in [4.78, 5) is 16.1. The number of halogens is 1. The van der Waals surface area contributed by atoms with Crippen molar-refractivity contribution in [1.82, 2.24) is 9.47 Å². The maximum Gasteiger partial charge on any atom is 0.179 e. The summed E-state index contributed by atoms with van der Waals surface area (Å²) in [7, 11) is 0. The topological polar surface area (TPSA) is 49.0 Å². The van der Waals surface area contributed by atoms with Gasteiger partial charge in [-0.25, -0.2) is 0 Å². The molecule has 4 rings (SSSR count). The van der Waals surface area contributed by atoms with Crippen molar-refractivity contribution >= 4 is 28.3 Å². The van der Waals surface area contributed by atoms with E-state index in [1.54, 1.807) is 0 Å². The number of likely N-dealkylation sites (tertiary alicyclic amines) is 1. The van der Waals surface area contributed by atoms with Crippen molar-refractivity contribution in [1.29, 1.82) is 5.26 Å². The first kappa shape index (κ1) is 22.6. The van der Waals surface area contributed by atoms with Gasteiger partial charge in [-0.3, -0.25) is 9.69 Å². The fraction of sp³-hybridized carbons (Fsp3) is 0.407. The summed E-state index contributed by atoms with van der Waals surface area (Å²) in [6.45, 7) is 6.92. The second kappa shape index (κ2) is 9.48. The van der Waals surface area contributed by atoms with E-state index in [4.69, 9.17) is 16.9 Å². The van der Waals surface area contributed by atoms with Gasteiger partial charge in [0.05, 0.1) is 18.1 Å². The zero-order valence-electron chi connectivity index (χ0n) is 19.1. The van der Waals surface area contributed by atoms with Crippen molar-refractivity contribution in [3.8, 4) is 11.8 Å². The third-order valence-electron chi connectivity index (χ3n) is 6.91. The van der Waals surface area contributed by atoms with Gasteiger partial charge >= 0.3 is 0 Å². The number of hydrogen-bond donors (Lipinski definition) is 0. The van der Waals surface area contributed by atoms with Crippen LogP contribution in [0.1, 0.15) is 61.1 Å². The zero-order valence-corrected chi connectivity index (χ0v) is 19.8. The molecule has 166 valence electrons. The van der Waals surface area contributed by atoms with E-state index in [1.807, 2.05) is 31.2 Å². The average molecular weight is 448 g/mol. The molecule has 1 aliphatic heterocycles. The molecule has 0 saturated carbocycles. The highest BCUT2D eigenvalue weighted by atomic mass is 35.5. The van der Waals surface area contributed by atoms with Crippen LogP contribution in [-0.2, 0) is 6.42 Å². The van der Waals surface area contributed by atoms with Crippen LogP contribution in [0.5, 0.6) is 0 Å². The van der Waals surface area contributed by atoms with Crippen LogP contribution in [0.3, 0.4) is 0 Å². The standard InChI is InChI=1S/C27H30ClN3O/c1-4-22-11-7-18(2)30(22)17-26(32)27-19(3)31(23-12-9-21(28)10-13-23)25-16-20(6-5-15-29)8-14-24(25)27/h8-10,12-14,16,18,22H,4-7,11,17H2,1-3H3. The third kappa shape index (κ3) is 4.20. The van der Waals surface area contributed by atoms with E-state index in [2.05, 4.69) is 47.6 Å². The molecule has 0 radical (unpaired) electrons. The Morgan fingerprint density at radius 3 is 2.62 bits per heavy atom. The summed E-state index contributed by atoms with van der Waals surface area (Å²) < 4.78 is 2.15. The van der Waals surface area contributed by atoms with Crippen molar-refractivity contribution in [3.63, 3.8) is 0 Å². The molecule has 2 heterocycles. The molecule has 32 heavy (non-hydrogen) atoms. The van der Waals surface area contributed by atoms with Crippen LogP contribution >= 0.6 is 11.6 Å². The Kier molecular flexibility index (Phi) is 6.69. The van der Waals surface area contributed by atoms with Crippen LogP contribution in [-0.4, -0.2) is 33.9 Å². The van der Waals surface area contributed by atoms with E-state index in [-0.39, 0.29) is 5.78 Å². The Balaban J connectivity index is 1.81. The number of nitrogens with zero attached hydrogens (tertiary/aromatic N) is 3. The third-order valence-corrected chi connectivity index (χ3v) is 7.16. The summed E-state index contributed by atoms with van der Waals surface area (Å²) in [6.07, 6.45) is 4.57. The molecule has 1 fully saturated rings. The molecular weight excluding hydrogens is 418 g/mol. The van der Waals surface area contributed by atoms with E-state index in [9.17, 15) is 4.79 Å². The Labute approximate surface area is 195 Å². The fourth-order valence-corrected chi connectivity index (χ4v) is 5.31. The predicted octanol–water partition coefficient (Wildman–Crippen LogP) is 6.49. The Morgan fingerprint density at radius 2 is 1.94 bits per heavy atom. The zero-order chi connectivity index (χ0) is 22.8. The molecule has 2 unspecified atom stereocenters. The van der Waals surface area contributed by atoms with Gasteiger partial charge in [0.25, 0.3) is 0 Å². The van der Waals surface area contributed by atoms with Crippen LogP contribution in [0.2, 0.25) is 5.02 Å². The van der Waals surface area contributed by atoms with E-state index < -0.39 is 0 Å². The highest BCUT2D eigenvalue weighted by Gasteiger charge is 2.32. The molecular formula is C27H30ClN3O. The lowest BCUT2D eigenvalue weighted by atomic mass is 10.0. The molecule has 1 aliphatic rings. The van der Waals surface area contributed by atoms with E-state index in [0.29, 0.717) is 36.5 Å². The van der Waals surface area contributed by atoms with Gasteiger partial charge in [-0.2, -0.15) is 5.26 Å². The van der Waals surface area contributed by atoms with Crippen LogP contribution in [0.15, 0.2) is 42.5 Å². The molecule has 2 atom stereocenters. The maximum absolute atomic E-state index is 13.7. The number of nitriles is 1. The van der Waals surface area contributed by atoms with Crippen molar-refractivity contribution in [2.24, 2.45) is 0 Å². The smallest absolute Gasteiger partial charge is 0.179 e. The average Bonchev–Trinajstić information content (AvgIpc) is 3.28. The van der Waals surface area contributed by atoms with Crippen LogP contribution in [0.25, 0.3) is 16.6 Å². The van der Waals surface area contributed by atoms with Gasteiger partial charge in [0.1, 0.15) is 0 Å². The highest BCUT2D eigenvalue weighted by Crippen LogP contribution is 2.33. The quantitative estimate of drug-likeness (QED) is 0.388. The first-order chi connectivity index (χ1) is 15.4. The van der Waals surface area contributed by atoms with Crippen molar-refractivity contribution in [2.45, 2.75) is 65.0 Å². The van der Waals surface area contributed by atoms with Crippen LogP contribution in [0, 0.1) is 18.3 Å².